The van der Waals surface area contributed by atoms with Gasteiger partial charge in [-0.1, -0.05) is 18.2 Å². The number of nitrogens with zero attached hydrogens (tertiary/aromatic N) is 3. The van der Waals surface area contributed by atoms with Gasteiger partial charge < -0.3 is 15.1 Å². The van der Waals surface area contributed by atoms with E-state index in [4.69, 9.17) is 4.74 Å². The molecule has 9 nitrogen and oxygen atoms in total. The Morgan fingerprint density at radius 3 is 2.52 bits per heavy atom. The van der Waals surface area contributed by atoms with Crippen LogP contribution in [-0.2, 0) is 4.79 Å². The maximum absolute atomic E-state index is 13.0. The molecule has 33 heavy (non-hydrogen) atoms. The van der Waals surface area contributed by atoms with Crippen LogP contribution in [0.4, 0.5) is 10.5 Å². The fraction of sp³-hybridized carbons (Fsp3) is 0.333. The van der Waals surface area contributed by atoms with E-state index >= 15 is 0 Å². The zero-order valence-electron chi connectivity index (χ0n) is 18.9. The summed E-state index contributed by atoms with van der Waals surface area (Å²) in [5, 5.41) is 6.32. The molecule has 0 saturated carbocycles. The van der Waals surface area contributed by atoms with E-state index in [1.807, 2.05) is 67.5 Å². The first-order valence-corrected chi connectivity index (χ1v) is 11.0. The fourth-order valence-electron chi connectivity index (χ4n) is 4.78. The number of ether oxygens (including phenoxy) is 1. The molecule has 3 amide bonds. The molecule has 3 N–H and O–H groups in total. The molecule has 0 bridgehead atoms. The van der Waals surface area contributed by atoms with Crippen LogP contribution in [0.1, 0.15) is 29.2 Å². The smallest absolute Gasteiger partial charge is 0.340 e. The highest BCUT2D eigenvalue weighted by molar-refractivity contribution is 5.94. The molecule has 0 spiro atoms. The van der Waals surface area contributed by atoms with Crippen LogP contribution in [-0.4, -0.2) is 52.7 Å². The van der Waals surface area contributed by atoms with Crippen molar-refractivity contribution in [3.8, 4) is 5.75 Å². The third kappa shape index (κ3) is 4.12. The lowest BCUT2D eigenvalue weighted by Gasteiger charge is -2.34. The molecule has 0 aliphatic carbocycles. The Bertz CT molecular complexity index is 1080. The van der Waals surface area contributed by atoms with E-state index in [0.717, 1.165) is 34.5 Å². The summed E-state index contributed by atoms with van der Waals surface area (Å²) in [6.07, 6.45) is 4.18. The van der Waals surface area contributed by atoms with Crippen LogP contribution in [0.15, 0.2) is 54.9 Å². The predicted molar refractivity (Wildman–Crippen MR) is 124 cm³/mol. The van der Waals surface area contributed by atoms with Crippen molar-refractivity contribution in [2.45, 2.75) is 38.5 Å². The molecule has 0 aromatic heterocycles. The molecule has 3 heterocycles. The van der Waals surface area contributed by atoms with Gasteiger partial charge in [-0.25, -0.2) is 20.7 Å². The van der Waals surface area contributed by atoms with Crippen molar-refractivity contribution in [3.05, 3.63) is 71.6 Å². The Balaban J connectivity index is 1.24. The number of hydrogen-bond donors (Lipinski definition) is 3. The third-order valence-electron chi connectivity index (χ3n) is 6.26. The first kappa shape index (κ1) is 21.3. The maximum atomic E-state index is 13.0. The van der Waals surface area contributed by atoms with Gasteiger partial charge in [0.15, 0.2) is 0 Å². The second-order valence-electron chi connectivity index (χ2n) is 8.74. The van der Waals surface area contributed by atoms with Gasteiger partial charge in [-0.05, 0) is 61.2 Å². The van der Waals surface area contributed by atoms with Crippen molar-refractivity contribution >= 4 is 17.6 Å². The van der Waals surface area contributed by atoms with Crippen molar-refractivity contribution in [1.29, 1.82) is 0 Å². The van der Waals surface area contributed by atoms with Gasteiger partial charge in [-0.2, -0.15) is 0 Å². The predicted octanol–water partition coefficient (Wildman–Crippen LogP) is 2.62. The van der Waals surface area contributed by atoms with E-state index in [-0.39, 0.29) is 36.7 Å². The van der Waals surface area contributed by atoms with Crippen molar-refractivity contribution in [2.24, 2.45) is 0 Å². The van der Waals surface area contributed by atoms with Gasteiger partial charge in [0.05, 0.1) is 19.2 Å². The molecule has 3 unspecified atom stereocenters. The molecule has 9 heteroatoms. The summed E-state index contributed by atoms with van der Waals surface area (Å²) in [6.45, 7) is 3.90. The SMILES string of the molecule is COc1ccc(C2CC3C4NN(CC(=O)Nc5cc(C)cc(C)c5)C(=O)N4C=CN3N2)cc1. The van der Waals surface area contributed by atoms with E-state index in [0.29, 0.717) is 0 Å². The second-order valence-corrected chi connectivity index (χ2v) is 8.74. The Morgan fingerprint density at radius 1 is 1.09 bits per heavy atom. The van der Waals surface area contributed by atoms with Crippen LogP contribution in [0.25, 0.3) is 0 Å². The van der Waals surface area contributed by atoms with Crippen LogP contribution in [0.2, 0.25) is 0 Å². The topological polar surface area (TPSA) is 89.2 Å². The van der Waals surface area contributed by atoms with Crippen molar-refractivity contribution < 1.29 is 14.3 Å². The minimum Gasteiger partial charge on any atom is -0.497 e. The maximum Gasteiger partial charge on any atom is 0.340 e. The molecule has 3 atom stereocenters. The molecule has 3 aliphatic rings. The Hall–Kier alpha value is -3.56. The number of urea groups is 1. The number of aryl methyl sites for hydroxylation is 2. The number of amides is 3. The fourth-order valence-corrected chi connectivity index (χ4v) is 4.78. The van der Waals surface area contributed by atoms with Crippen LogP contribution < -0.4 is 20.9 Å². The third-order valence-corrected chi connectivity index (χ3v) is 6.26. The first-order valence-electron chi connectivity index (χ1n) is 11.0. The molecular formula is C24H28N6O3. The summed E-state index contributed by atoms with van der Waals surface area (Å²) in [4.78, 5) is 27.3. The number of hydrogen-bond acceptors (Lipinski definition) is 6. The van der Waals surface area contributed by atoms with Crippen LogP contribution in [0.5, 0.6) is 5.75 Å². The summed E-state index contributed by atoms with van der Waals surface area (Å²) >= 11 is 0. The minimum atomic E-state index is -0.257. The molecule has 2 aromatic carbocycles. The number of carbonyl (C=O) groups is 2. The molecule has 0 radical (unpaired) electrons. The zero-order valence-corrected chi connectivity index (χ0v) is 18.9. The normalized spacial score (nSPS) is 23.5. The van der Waals surface area contributed by atoms with Crippen LogP contribution in [0, 0.1) is 13.8 Å². The molecule has 172 valence electrons. The number of rotatable bonds is 5. The number of hydrazine groups is 2. The lowest BCUT2D eigenvalue weighted by atomic mass is 10.00. The van der Waals surface area contributed by atoms with Gasteiger partial charge in [0.25, 0.3) is 0 Å². The molecule has 2 saturated heterocycles. The monoisotopic (exact) mass is 448 g/mol. The highest BCUT2D eigenvalue weighted by Crippen LogP contribution is 2.35. The number of fused-ring (bicyclic) bond motifs is 3. The molecule has 3 aliphatic heterocycles. The van der Waals surface area contributed by atoms with Crippen molar-refractivity contribution in [1.82, 2.24) is 25.8 Å². The van der Waals surface area contributed by atoms with Gasteiger partial charge in [0.2, 0.25) is 5.91 Å². The summed E-state index contributed by atoms with van der Waals surface area (Å²) < 4.78 is 5.25. The van der Waals surface area contributed by atoms with E-state index < -0.39 is 0 Å². The zero-order chi connectivity index (χ0) is 23.1. The highest BCUT2D eigenvalue weighted by atomic mass is 16.5. The summed E-state index contributed by atoms with van der Waals surface area (Å²) in [5.41, 5.74) is 10.8. The largest absolute Gasteiger partial charge is 0.497 e. The number of nitrogens with one attached hydrogen (secondary N) is 3. The Morgan fingerprint density at radius 2 is 1.82 bits per heavy atom. The summed E-state index contributed by atoms with van der Waals surface area (Å²) in [6, 6.07) is 13.8. The quantitative estimate of drug-likeness (QED) is 0.652. The standard InChI is InChI=1S/C24H28N6O3/c1-15-10-16(2)12-18(11-15)25-22(31)14-30-24(32)28-8-9-29-21(23(28)27-30)13-20(26-29)17-4-6-19(33-3)7-5-17/h4-12,20-21,23,26-27H,13-14H2,1-3H3,(H,25,31). The number of benzene rings is 2. The van der Waals surface area contributed by atoms with Gasteiger partial charge in [-0.15, -0.1) is 0 Å². The van der Waals surface area contributed by atoms with E-state index in [2.05, 4.69) is 16.2 Å². The lowest BCUT2D eigenvalue weighted by Crippen LogP contribution is -2.54. The molecular weight excluding hydrogens is 420 g/mol. The van der Waals surface area contributed by atoms with E-state index in [1.165, 1.54) is 5.01 Å². The number of anilines is 1. The van der Waals surface area contributed by atoms with Crippen molar-refractivity contribution in [3.63, 3.8) is 0 Å². The van der Waals surface area contributed by atoms with Gasteiger partial charge in [0, 0.05) is 18.1 Å². The number of methoxy groups -OCH3 is 1. The molecule has 5 rings (SSSR count). The molecule has 2 fully saturated rings. The van der Waals surface area contributed by atoms with Gasteiger partial charge in [-0.3, -0.25) is 9.69 Å². The average molecular weight is 449 g/mol. The summed E-state index contributed by atoms with van der Waals surface area (Å²) in [7, 11) is 1.65. The first-order chi connectivity index (χ1) is 15.9. The van der Waals surface area contributed by atoms with E-state index in [9.17, 15) is 9.59 Å². The van der Waals surface area contributed by atoms with Crippen molar-refractivity contribution in [2.75, 3.05) is 19.0 Å². The second kappa shape index (κ2) is 8.42. The number of carbonyl (C=O) groups excluding carboxylic acids is 2. The Labute approximate surface area is 192 Å². The van der Waals surface area contributed by atoms with Crippen LogP contribution in [0.3, 0.4) is 0 Å². The Kier molecular flexibility index (Phi) is 5.43. The minimum absolute atomic E-state index is 0.0264. The van der Waals surface area contributed by atoms with Gasteiger partial charge >= 0.3 is 6.03 Å². The van der Waals surface area contributed by atoms with E-state index in [1.54, 1.807) is 18.2 Å². The highest BCUT2D eigenvalue weighted by Gasteiger charge is 2.48. The van der Waals surface area contributed by atoms with Crippen LogP contribution >= 0.6 is 0 Å². The summed E-state index contributed by atoms with van der Waals surface area (Å²) in [5.74, 6) is 0.570. The van der Waals surface area contributed by atoms with Gasteiger partial charge in [0.1, 0.15) is 18.5 Å². The lowest BCUT2D eigenvalue weighted by molar-refractivity contribution is -0.117. The average Bonchev–Trinajstić information content (AvgIpc) is 3.35. The molecule has 2 aromatic rings.